The molecule has 8 nitrogen and oxygen atoms in total. The van der Waals surface area contributed by atoms with E-state index in [9.17, 15) is 13.2 Å². The van der Waals surface area contributed by atoms with E-state index in [0.717, 1.165) is 0 Å². The van der Waals surface area contributed by atoms with Crippen molar-refractivity contribution in [1.29, 1.82) is 0 Å². The van der Waals surface area contributed by atoms with Gasteiger partial charge in [-0.15, -0.1) is 0 Å². The summed E-state index contributed by atoms with van der Waals surface area (Å²) in [6, 6.07) is 8.77. The molecule has 0 saturated carbocycles. The Balaban J connectivity index is 2.18. The van der Waals surface area contributed by atoms with E-state index in [0.29, 0.717) is 16.8 Å². The minimum absolute atomic E-state index is 0.240. The average Bonchev–Trinajstić information content (AvgIpc) is 3.10. The van der Waals surface area contributed by atoms with Crippen LogP contribution in [0.5, 0.6) is 0 Å². The molecule has 0 radical (unpaired) electrons. The lowest BCUT2D eigenvalue weighted by Crippen LogP contribution is -2.24. The Morgan fingerprint density at radius 3 is 2.43 bits per heavy atom. The fourth-order valence-electron chi connectivity index (χ4n) is 2.24. The Bertz CT molecular complexity index is 1000. The number of rotatable bonds is 6. The Morgan fingerprint density at radius 1 is 1.18 bits per heavy atom. The highest BCUT2D eigenvalue weighted by Crippen LogP contribution is 2.15. The molecule has 2 rings (SSSR count). The third kappa shape index (κ3) is 5.85. The first-order valence-electron chi connectivity index (χ1n) is 8.64. The molecule has 0 fully saturated rings. The number of benzene rings is 1. The highest BCUT2D eigenvalue weighted by molar-refractivity contribution is 7.91. The van der Waals surface area contributed by atoms with Gasteiger partial charge in [0, 0.05) is 5.57 Å². The summed E-state index contributed by atoms with van der Waals surface area (Å²) in [4.78, 5) is 12.0. The third-order valence-electron chi connectivity index (χ3n) is 3.51. The van der Waals surface area contributed by atoms with Crippen LogP contribution in [0.25, 0.3) is 5.69 Å². The first kappa shape index (κ1) is 21.5. The summed E-state index contributed by atoms with van der Waals surface area (Å²) >= 11 is 0. The van der Waals surface area contributed by atoms with Gasteiger partial charge in [0.2, 0.25) is 9.84 Å². The van der Waals surface area contributed by atoms with Crippen molar-refractivity contribution in [3.63, 3.8) is 0 Å². The zero-order valence-electron chi connectivity index (χ0n) is 16.6. The zero-order valence-corrected chi connectivity index (χ0v) is 17.4. The monoisotopic (exact) mass is 404 g/mol. The fraction of sp³-hybridized carbons (Fsp3) is 0.368. The van der Waals surface area contributed by atoms with E-state index in [1.54, 1.807) is 65.0 Å². The standard InChI is InChI=1S/C19H24N4O4S/c1-14(13-15(2)17(24)27-19(3,4)5)11-12-28(25,26)18-20-21-22-23(18)16-9-7-6-8-10-16/h6-11,13H,12H2,1-5H3/b14-11+,15-13+. The highest BCUT2D eigenvalue weighted by Gasteiger charge is 2.23. The Hall–Kier alpha value is -2.81. The van der Waals surface area contributed by atoms with Crippen molar-refractivity contribution < 1.29 is 17.9 Å². The lowest BCUT2D eigenvalue weighted by atomic mass is 10.1. The van der Waals surface area contributed by atoms with Crippen LogP contribution in [0.3, 0.4) is 0 Å². The van der Waals surface area contributed by atoms with Crippen LogP contribution in [0.15, 0.2) is 58.8 Å². The highest BCUT2D eigenvalue weighted by atomic mass is 32.2. The largest absolute Gasteiger partial charge is 0.457 e. The molecule has 0 bridgehead atoms. The Labute approximate surface area is 164 Å². The molecule has 2 aromatic rings. The van der Waals surface area contributed by atoms with E-state index in [-0.39, 0.29) is 10.9 Å². The lowest BCUT2D eigenvalue weighted by molar-refractivity contribution is -0.149. The maximum absolute atomic E-state index is 12.7. The van der Waals surface area contributed by atoms with Crippen molar-refractivity contribution in [3.8, 4) is 5.69 Å². The molecule has 9 heteroatoms. The van der Waals surface area contributed by atoms with E-state index in [4.69, 9.17) is 4.74 Å². The molecule has 1 aromatic heterocycles. The summed E-state index contributed by atoms with van der Waals surface area (Å²) in [5.74, 6) is -0.749. The molecule has 0 spiro atoms. The fourth-order valence-corrected chi connectivity index (χ4v) is 3.44. The number of esters is 1. The molecular weight excluding hydrogens is 380 g/mol. The van der Waals surface area contributed by atoms with Crippen molar-refractivity contribution in [3.05, 3.63) is 53.6 Å². The Morgan fingerprint density at radius 2 is 1.82 bits per heavy atom. The van der Waals surface area contributed by atoms with Crippen LogP contribution >= 0.6 is 0 Å². The maximum atomic E-state index is 12.7. The van der Waals surface area contributed by atoms with Crippen LogP contribution in [0.4, 0.5) is 0 Å². The van der Waals surface area contributed by atoms with Gasteiger partial charge < -0.3 is 4.74 Å². The maximum Gasteiger partial charge on any atom is 0.334 e. The SMILES string of the molecule is CC(=C\CS(=O)(=O)c1nnnn1-c1ccccc1)/C=C(\C)C(=O)OC(C)(C)C. The quantitative estimate of drug-likeness (QED) is 0.414. The smallest absolute Gasteiger partial charge is 0.334 e. The van der Waals surface area contributed by atoms with Crippen LogP contribution in [0, 0.1) is 0 Å². The molecule has 0 aliphatic heterocycles. The van der Waals surface area contributed by atoms with Gasteiger partial charge in [0.15, 0.2) is 0 Å². The van der Waals surface area contributed by atoms with Gasteiger partial charge in [-0.2, -0.15) is 4.68 Å². The second kappa shape index (κ2) is 8.47. The number of para-hydroxylation sites is 1. The summed E-state index contributed by atoms with van der Waals surface area (Å²) < 4.78 is 31.8. The van der Waals surface area contributed by atoms with Crippen molar-refractivity contribution in [2.45, 2.75) is 45.4 Å². The van der Waals surface area contributed by atoms with Crippen LogP contribution < -0.4 is 0 Å². The normalized spacial score (nSPS) is 13.5. The molecule has 1 aromatic carbocycles. The molecule has 0 amide bonds. The zero-order chi connectivity index (χ0) is 20.9. The summed E-state index contributed by atoms with van der Waals surface area (Å²) in [5, 5.41) is 10.7. The molecule has 0 aliphatic rings. The van der Waals surface area contributed by atoms with Crippen LogP contribution in [-0.4, -0.2) is 45.9 Å². The number of hydrogen-bond donors (Lipinski definition) is 0. The average molecular weight is 404 g/mol. The number of sulfone groups is 1. The van der Waals surface area contributed by atoms with E-state index in [1.165, 1.54) is 10.8 Å². The third-order valence-corrected chi connectivity index (χ3v) is 4.93. The summed E-state index contributed by atoms with van der Waals surface area (Å²) in [6.07, 6.45) is 3.09. The number of hydrogen-bond acceptors (Lipinski definition) is 7. The summed E-state index contributed by atoms with van der Waals surface area (Å²) in [7, 11) is -3.77. The van der Waals surface area contributed by atoms with E-state index < -0.39 is 21.4 Å². The van der Waals surface area contributed by atoms with Gasteiger partial charge in [-0.25, -0.2) is 13.2 Å². The number of allylic oxidation sites excluding steroid dienone is 2. The number of ether oxygens (including phenoxy) is 1. The van der Waals surface area contributed by atoms with Crippen molar-refractivity contribution in [2.75, 3.05) is 5.75 Å². The first-order chi connectivity index (χ1) is 13.0. The van der Waals surface area contributed by atoms with Gasteiger partial charge in [-0.05, 0) is 63.3 Å². The molecule has 0 saturated heterocycles. The second-order valence-electron chi connectivity index (χ2n) is 7.27. The first-order valence-corrected chi connectivity index (χ1v) is 10.3. The second-order valence-corrected chi connectivity index (χ2v) is 9.20. The summed E-state index contributed by atoms with van der Waals surface area (Å²) in [6.45, 7) is 8.68. The number of tetrazole rings is 1. The number of nitrogens with zero attached hydrogens (tertiary/aromatic N) is 4. The predicted molar refractivity (Wildman–Crippen MR) is 105 cm³/mol. The van der Waals surface area contributed by atoms with Gasteiger partial charge in [0.1, 0.15) is 5.60 Å². The van der Waals surface area contributed by atoms with Crippen molar-refractivity contribution >= 4 is 15.8 Å². The molecule has 0 atom stereocenters. The topological polar surface area (TPSA) is 104 Å². The molecule has 1 heterocycles. The molecule has 150 valence electrons. The number of aromatic nitrogens is 4. The molecular formula is C19H24N4O4S. The molecule has 0 aliphatic carbocycles. The van der Waals surface area contributed by atoms with Gasteiger partial charge in [0.25, 0.3) is 5.16 Å². The van der Waals surface area contributed by atoms with Crippen LogP contribution in [0.2, 0.25) is 0 Å². The van der Waals surface area contributed by atoms with Gasteiger partial charge in [-0.3, -0.25) is 0 Å². The minimum atomic E-state index is -3.77. The lowest BCUT2D eigenvalue weighted by Gasteiger charge is -2.19. The van der Waals surface area contributed by atoms with Gasteiger partial charge >= 0.3 is 5.97 Å². The predicted octanol–water partition coefficient (Wildman–Crippen LogP) is 2.67. The number of carbonyl (C=O) groups is 1. The Kier molecular flexibility index (Phi) is 6.50. The molecule has 0 N–H and O–H groups in total. The minimum Gasteiger partial charge on any atom is -0.457 e. The van der Waals surface area contributed by atoms with E-state index in [2.05, 4.69) is 15.5 Å². The van der Waals surface area contributed by atoms with Gasteiger partial charge in [0.05, 0.1) is 11.4 Å². The van der Waals surface area contributed by atoms with Gasteiger partial charge in [-0.1, -0.05) is 34.9 Å². The van der Waals surface area contributed by atoms with Crippen LogP contribution in [0.1, 0.15) is 34.6 Å². The number of carbonyl (C=O) groups excluding carboxylic acids is 1. The van der Waals surface area contributed by atoms with Crippen molar-refractivity contribution in [2.24, 2.45) is 0 Å². The van der Waals surface area contributed by atoms with E-state index in [1.807, 2.05) is 6.07 Å². The van der Waals surface area contributed by atoms with Crippen LogP contribution in [-0.2, 0) is 19.4 Å². The van der Waals surface area contributed by atoms with Crippen molar-refractivity contribution in [1.82, 2.24) is 20.2 Å². The molecule has 0 unspecified atom stereocenters. The van der Waals surface area contributed by atoms with E-state index >= 15 is 0 Å². The molecule has 28 heavy (non-hydrogen) atoms. The summed E-state index contributed by atoms with van der Waals surface area (Å²) in [5.41, 5.74) is 0.954.